The molecule has 0 bridgehead atoms. The molecule has 0 radical (unpaired) electrons. The van der Waals surface area contributed by atoms with E-state index in [4.69, 9.17) is 16.3 Å². The topological polar surface area (TPSA) is 53.6 Å². The van der Waals surface area contributed by atoms with E-state index in [9.17, 15) is 4.79 Å². The number of nitrogens with zero attached hydrogens (tertiary/aromatic N) is 1. The van der Waals surface area contributed by atoms with Crippen LogP contribution in [0.5, 0.6) is 0 Å². The molecule has 7 heteroatoms. The molecule has 2 saturated heterocycles. The lowest BCUT2D eigenvalue weighted by atomic mass is 9.95. The van der Waals surface area contributed by atoms with Crippen LogP contribution >= 0.6 is 23.4 Å². The van der Waals surface area contributed by atoms with Crippen LogP contribution in [0.1, 0.15) is 6.42 Å². The highest BCUT2D eigenvalue weighted by Crippen LogP contribution is 2.33. The molecule has 2 amide bonds. The van der Waals surface area contributed by atoms with E-state index in [2.05, 4.69) is 15.5 Å². The van der Waals surface area contributed by atoms with Crippen LogP contribution in [-0.2, 0) is 4.74 Å². The van der Waals surface area contributed by atoms with Crippen LogP contribution in [0.3, 0.4) is 0 Å². The van der Waals surface area contributed by atoms with E-state index in [1.54, 1.807) is 24.3 Å². The molecule has 1 aromatic rings. The van der Waals surface area contributed by atoms with Crippen molar-refractivity contribution in [1.29, 1.82) is 0 Å². The number of hydrogen-bond acceptors (Lipinski definition) is 4. The lowest BCUT2D eigenvalue weighted by molar-refractivity contribution is -0.0123. The van der Waals surface area contributed by atoms with Crippen LogP contribution < -0.4 is 10.6 Å². The molecule has 2 heterocycles. The van der Waals surface area contributed by atoms with Crippen molar-refractivity contribution in [2.24, 2.45) is 0 Å². The fourth-order valence-electron chi connectivity index (χ4n) is 3.09. The highest BCUT2D eigenvalue weighted by Gasteiger charge is 2.40. The maximum atomic E-state index is 12.2. The Morgan fingerprint density at radius 1 is 1.30 bits per heavy atom. The number of hydrogen-bond donors (Lipinski definition) is 2. The van der Waals surface area contributed by atoms with Gasteiger partial charge in [0.25, 0.3) is 0 Å². The minimum Gasteiger partial charge on any atom is -0.379 e. The van der Waals surface area contributed by atoms with Crippen LogP contribution in [0, 0.1) is 0 Å². The van der Waals surface area contributed by atoms with Gasteiger partial charge in [-0.1, -0.05) is 11.6 Å². The monoisotopic (exact) mass is 355 g/mol. The Hall–Kier alpha value is -0.950. The summed E-state index contributed by atoms with van der Waals surface area (Å²) in [7, 11) is 0. The lowest BCUT2D eigenvalue weighted by Gasteiger charge is -2.43. The fraction of sp³-hybridized carbons (Fsp3) is 0.562. The van der Waals surface area contributed by atoms with Gasteiger partial charge < -0.3 is 15.4 Å². The number of halogens is 1. The van der Waals surface area contributed by atoms with Gasteiger partial charge in [-0.15, -0.1) is 0 Å². The molecule has 0 spiro atoms. The molecular formula is C16H22ClN3O2S. The SMILES string of the molecule is O=C(NC[C@]1(N2CCOCC2)CCSC1)Nc1ccc(Cl)cc1. The van der Waals surface area contributed by atoms with Gasteiger partial charge in [0.15, 0.2) is 0 Å². The van der Waals surface area contributed by atoms with Crippen molar-refractivity contribution in [2.45, 2.75) is 12.0 Å². The number of thioether (sulfide) groups is 1. The summed E-state index contributed by atoms with van der Waals surface area (Å²) in [6, 6.07) is 6.95. The maximum Gasteiger partial charge on any atom is 0.319 e. The number of nitrogens with one attached hydrogen (secondary N) is 2. The van der Waals surface area contributed by atoms with Gasteiger partial charge in [-0.25, -0.2) is 4.79 Å². The van der Waals surface area contributed by atoms with Crippen LogP contribution in [-0.4, -0.2) is 60.8 Å². The van der Waals surface area contributed by atoms with Gasteiger partial charge in [0.05, 0.1) is 13.2 Å². The number of anilines is 1. The Morgan fingerprint density at radius 2 is 2.04 bits per heavy atom. The summed E-state index contributed by atoms with van der Waals surface area (Å²) in [5.41, 5.74) is 0.805. The molecule has 2 N–H and O–H groups in total. The summed E-state index contributed by atoms with van der Waals surface area (Å²) in [5.74, 6) is 2.21. The van der Waals surface area contributed by atoms with Crippen molar-refractivity contribution in [1.82, 2.24) is 10.2 Å². The molecule has 126 valence electrons. The Bertz CT molecular complexity index is 529. The van der Waals surface area contributed by atoms with E-state index in [0.717, 1.165) is 49.9 Å². The second kappa shape index (κ2) is 7.75. The van der Waals surface area contributed by atoms with E-state index in [0.29, 0.717) is 11.6 Å². The Labute approximate surface area is 146 Å². The van der Waals surface area contributed by atoms with E-state index < -0.39 is 0 Å². The normalized spacial score (nSPS) is 25.3. The number of ether oxygens (including phenoxy) is 1. The van der Waals surface area contributed by atoms with Gasteiger partial charge >= 0.3 is 6.03 Å². The third kappa shape index (κ3) is 4.32. The summed E-state index contributed by atoms with van der Waals surface area (Å²) in [6.45, 7) is 4.12. The first-order valence-corrected chi connectivity index (χ1v) is 9.42. The number of urea groups is 1. The zero-order valence-electron chi connectivity index (χ0n) is 13.0. The fourth-order valence-corrected chi connectivity index (χ4v) is 4.69. The minimum atomic E-state index is -0.170. The molecule has 5 nitrogen and oxygen atoms in total. The molecule has 0 aromatic heterocycles. The first-order valence-electron chi connectivity index (χ1n) is 7.89. The van der Waals surface area contributed by atoms with E-state index in [1.165, 1.54) is 0 Å². The van der Waals surface area contributed by atoms with Gasteiger partial charge in [-0.2, -0.15) is 11.8 Å². The molecular weight excluding hydrogens is 334 g/mol. The molecule has 1 atom stereocenters. The highest BCUT2D eigenvalue weighted by molar-refractivity contribution is 7.99. The average Bonchev–Trinajstić information content (AvgIpc) is 3.06. The molecule has 23 heavy (non-hydrogen) atoms. The summed E-state index contributed by atoms with van der Waals surface area (Å²) in [6.07, 6.45) is 1.11. The second-order valence-electron chi connectivity index (χ2n) is 5.94. The summed E-state index contributed by atoms with van der Waals surface area (Å²) in [4.78, 5) is 14.7. The number of morpholine rings is 1. The van der Waals surface area contributed by atoms with Gasteiger partial charge in [0.2, 0.25) is 0 Å². The number of carbonyl (C=O) groups excluding carboxylic acids is 1. The Morgan fingerprint density at radius 3 is 2.70 bits per heavy atom. The summed E-state index contributed by atoms with van der Waals surface area (Å²) < 4.78 is 5.46. The zero-order chi connectivity index (χ0) is 16.1. The number of carbonyl (C=O) groups is 1. The van der Waals surface area contributed by atoms with Crippen LogP contribution in [0.25, 0.3) is 0 Å². The van der Waals surface area contributed by atoms with E-state index in [1.807, 2.05) is 11.8 Å². The average molecular weight is 356 g/mol. The molecule has 3 rings (SSSR count). The first-order chi connectivity index (χ1) is 11.2. The minimum absolute atomic E-state index is 0.0613. The van der Waals surface area contributed by atoms with E-state index in [-0.39, 0.29) is 11.6 Å². The third-order valence-corrected chi connectivity index (χ3v) is 5.93. The Kier molecular flexibility index (Phi) is 5.69. The third-order valence-electron chi connectivity index (χ3n) is 4.44. The van der Waals surface area contributed by atoms with Crippen LogP contribution in [0.2, 0.25) is 5.02 Å². The standard InChI is InChI=1S/C16H22ClN3O2S/c17-13-1-3-14(4-2-13)19-15(21)18-11-16(5-10-23-12-16)20-6-8-22-9-7-20/h1-4H,5-12H2,(H2,18,19,21)/t16-/m1/s1. The second-order valence-corrected chi connectivity index (χ2v) is 7.48. The maximum absolute atomic E-state index is 12.2. The molecule has 1 aromatic carbocycles. The van der Waals surface area contributed by atoms with E-state index >= 15 is 0 Å². The molecule has 2 aliphatic rings. The van der Waals surface area contributed by atoms with Crippen molar-refractivity contribution in [3.8, 4) is 0 Å². The lowest BCUT2D eigenvalue weighted by Crippen LogP contribution is -2.59. The van der Waals surface area contributed by atoms with Gasteiger partial charge in [-0.05, 0) is 36.4 Å². The molecule has 0 aliphatic carbocycles. The van der Waals surface area contributed by atoms with Gasteiger partial charge in [0, 0.05) is 41.6 Å². The smallest absolute Gasteiger partial charge is 0.319 e. The number of benzene rings is 1. The zero-order valence-corrected chi connectivity index (χ0v) is 14.6. The van der Waals surface area contributed by atoms with Gasteiger partial charge in [0.1, 0.15) is 0 Å². The van der Waals surface area contributed by atoms with Crippen molar-refractivity contribution in [3.63, 3.8) is 0 Å². The number of amides is 2. The van der Waals surface area contributed by atoms with Crippen molar-refractivity contribution >= 4 is 35.1 Å². The quantitative estimate of drug-likeness (QED) is 0.871. The Balaban J connectivity index is 1.56. The molecule has 0 unspecified atom stereocenters. The summed E-state index contributed by atoms with van der Waals surface area (Å²) in [5, 5.41) is 6.56. The molecule has 2 aliphatic heterocycles. The molecule has 2 fully saturated rings. The number of rotatable bonds is 4. The highest BCUT2D eigenvalue weighted by atomic mass is 35.5. The molecule has 0 saturated carbocycles. The first kappa shape index (κ1) is 16.9. The van der Waals surface area contributed by atoms with Crippen molar-refractivity contribution in [2.75, 3.05) is 49.7 Å². The largest absolute Gasteiger partial charge is 0.379 e. The predicted octanol–water partition coefficient (Wildman–Crippen LogP) is 2.67. The van der Waals surface area contributed by atoms with Crippen LogP contribution in [0.15, 0.2) is 24.3 Å². The summed E-state index contributed by atoms with van der Waals surface area (Å²) >= 11 is 7.82. The van der Waals surface area contributed by atoms with Crippen molar-refractivity contribution < 1.29 is 9.53 Å². The predicted molar refractivity (Wildman–Crippen MR) is 95.5 cm³/mol. The van der Waals surface area contributed by atoms with Crippen molar-refractivity contribution in [3.05, 3.63) is 29.3 Å². The van der Waals surface area contributed by atoms with Gasteiger partial charge in [-0.3, -0.25) is 4.90 Å². The van der Waals surface area contributed by atoms with Crippen LogP contribution in [0.4, 0.5) is 10.5 Å².